The van der Waals surface area contributed by atoms with Crippen LogP contribution in [0.5, 0.6) is 5.75 Å². The van der Waals surface area contributed by atoms with E-state index in [9.17, 15) is 4.79 Å². The van der Waals surface area contributed by atoms with Gasteiger partial charge in [-0.05, 0) is 19.0 Å². The molecule has 1 aliphatic heterocycles. The van der Waals surface area contributed by atoms with Crippen LogP contribution in [0.15, 0.2) is 12.1 Å². The van der Waals surface area contributed by atoms with Crippen LogP contribution in [0.2, 0.25) is 5.02 Å². The molecule has 17 heavy (non-hydrogen) atoms. The molecule has 0 aliphatic carbocycles. The zero-order valence-corrected chi connectivity index (χ0v) is 10.6. The third-order valence-corrected chi connectivity index (χ3v) is 3.05. The second-order valence-corrected chi connectivity index (χ2v) is 4.36. The summed E-state index contributed by atoms with van der Waals surface area (Å²) >= 11 is 6.06. The zero-order chi connectivity index (χ0) is 12.4. The minimum Gasteiger partial charge on any atom is -0.495 e. The van der Waals surface area contributed by atoms with Crippen LogP contribution in [-0.2, 0) is 4.79 Å². The predicted molar refractivity (Wildman–Crippen MR) is 67.7 cm³/mol. The molecular formula is C12H15ClN2O2. The van der Waals surface area contributed by atoms with Crippen LogP contribution < -0.4 is 15.4 Å². The number of methoxy groups -OCH3 is 1. The Morgan fingerprint density at radius 1 is 1.53 bits per heavy atom. The standard InChI is InChI=1S/C12H15ClN2O2/c1-3-4-14-11-7-5-8(13)10(17-2)6-9(7)15-12(11)16/h5-6,11,14H,3-4H2,1-2H3,(H,15,16). The van der Waals surface area contributed by atoms with Crippen molar-refractivity contribution < 1.29 is 9.53 Å². The molecule has 4 nitrogen and oxygen atoms in total. The fourth-order valence-corrected chi connectivity index (χ4v) is 2.16. The summed E-state index contributed by atoms with van der Waals surface area (Å²) in [7, 11) is 1.55. The predicted octanol–water partition coefficient (Wildman–Crippen LogP) is 2.34. The summed E-state index contributed by atoms with van der Waals surface area (Å²) in [6.45, 7) is 2.85. The lowest BCUT2D eigenvalue weighted by Crippen LogP contribution is -2.27. The monoisotopic (exact) mass is 254 g/mol. The molecule has 5 heteroatoms. The first-order valence-corrected chi connectivity index (χ1v) is 5.96. The number of benzene rings is 1. The molecule has 92 valence electrons. The third-order valence-electron chi connectivity index (χ3n) is 2.75. The van der Waals surface area contributed by atoms with Crippen molar-refractivity contribution >= 4 is 23.2 Å². The summed E-state index contributed by atoms with van der Waals surface area (Å²) in [6.07, 6.45) is 0.975. The quantitative estimate of drug-likeness (QED) is 0.867. The minimum absolute atomic E-state index is 0.0437. The maximum Gasteiger partial charge on any atom is 0.246 e. The summed E-state index contributed by atoms with van der Waals surface area (Å²) in [6, 6.07) is 3.22. The van der Waals surface area contributed by atoms with E-state index in [1.165, 1.54) is 0 Å². The SMILES string of the molecule is CCCNC1C(=O)Nc2cc(OC)c(Cl)cc21. The van der Waals surface area contributed by atoms with Crippen molar-refractivity contribution in [2.45, 2.75) is 19.4 Å². The molecule has 0 bridgehead atoms. The van der Waals surface area contributed by atoms with Crippen LogP contribution in [0, 0.1) is 0 Å². The molecule has 1 atom stereocenters. The van der Waals surface area contributed by atoms with Gasteiger partial charge in [0.05, 0.1) is 12.1 Å². The average Bonchev–Trinajstić information content (AvgIpc) is 2.61. The molecule has 1 aromatic rings. The number of anilines is 1. The van der Waals surface area contributed by atoms with Crippen molar-refractivity contribution in [1.29, 1.82) is 0 Å². The Balaban J connectivity index is 2.33. The Kier molecular flexibility index (Phi) is 3.54. The number of carbonyl (C=O) groups excluding carboxylic acids is 1. The number of ether oxygens (including phenoxy) is 1. The fraction of sp³-hybridized carbons (Fsp3) is 0.417. The zero-order valence-electron chi connectivity index (χ0n) is 9.84. The van der Waals surface area contributed by atoms with E-state index >= 15 is 0 Å². The molecule has 0 radical (unpaired) electrons. The van der Waals surface area contributed by atoms with Gasteiger partial charge in [-0.25, -0.2) is 0 Å². The topological polar surface area (TPSA) is 50.4 Å². The molecule has 1 aromatic carbocycles. The van der Waals surface area contributed by atoms with Gasteiger partial charge in [0.1, 0.15) is 11.8 Å². The molecule has 0 spiro atoms. The van der Waals surface area contributed by atoms with Crippen molar-refractivity contribution in [2.24, 2.45) is 0 Å². The molecule has 0 aromatic heterocycles. The third kappa shape index (κ3) is 2.23. The van der Waals surface area contributed by atoms with Gasteiger partial charge in [-0.3, -0.25) is 4.79 Å². The molecule has 0 fully saturated rings. The van der Waals surface area contributed by atoms with Crippen LogP contribution in [0.3, 0.4) is 0 Å². The van der Waals surface area contributed by atoms with E-state index in [0.717, 1.165) is 24.2 Å². The molecule has 0 saturated carbocycles. The largest absolute Gasteiger partial charge is 0.495 e. The Labute approximate surface area is 105 Å². The first kappa shape index (κ1) is 12.2. The van der Waals surface area contributed by atoms with E-state index in [0.29, 0.717) is 10.8 Å². The molecule has 0 saturated heterocycles. The van der Waals surface area contributed by atoms with E-state index < -0.39 is 0 Å². The van der Waals surface area contributed by atoms with E-state index in [1.54, 1.807) is 19.2 Å². The van der Waals surface area contributed by atoms with E-state index in [-0.39, 0.29) is 11.9 Å². The molecular weight excluding hydrogens is 240 g/mol. The van der Waals surface area contributed by atoms with Gasteiger partial charge >= 0.3 is 0 Å². The second-order valence-electron chi connectivity index (χ2n) is 3.95. The lowest BCUT2D eigenvalue weighted by atomic mass is 10.1. The highest BCUT2D eigenvalue weighted by atomic mass is 35.5. The number of nitrogens with one attached hydrogen (secondary N) is 2. The van der Waals surface area contributed by atoms with E-state index in [1.807, 2.05) is 0 Å². The Hall–Kier alpha value is -1.26. The minimum atomic E-state index is -0.312. The highest BCUT2D eigenvalue weighted by Gasteiger charge is 2.31. The summed E-state index contributed by atoms with van der Waals surface area (Å²) in [5, 5.41) is 6.53. The second kappa shape index (κ2) is 4.94. The van der Waals surface area contributed by atoms with Crippen molar-refractivity contribution in [2.75, 3.05) is 19.0 Å². The molecule has 1 unspecified atom stereocenters. The van der Waals surface area contributed by atoms with E-state index in [2.05, 4.69) is 17.6 Å². The van der Waals surface area contributed by atoms with Gasteiger partial charge in [0, 0.05) is 17.3 Å². The lowest BCUT2D eigenvalue weighted by molar-refractivity contribution is -0.117. The number of hydrogen-bond acceptors (Lipinski definition) is 3. The Morgan fingerprint density at radius 2 is 2.29 bits per heavy atom. The molecule has 1 amide bonds. The van der Waals surface area contributed by atoms with Gasteiger partial charge in [0.15, 0.2) is 0 Å². The molecule has 1 heterocycles. The molecule has 2 rings (SSSR count). The first-order valence-electron chi connectivity index (χ1n) is 5.59. The fourth-order valence-electron chi connectivity index (χ4n) is 1.91. The van der Waals surface area contributed by atoms with Gasteiger partial charge in [-0.1, -0.05) is 18.5 Å². The number of halogens is 1. The average molecular weight is 255 g/mol. The van der Waals surface area contributed by atoms with Crippen molar-refractivity contribution in [3.8, 4) is 5.75 Å². The Bertz CT molecular complexity index is 448. The van der Waals surface area contributed by atoms with Crippen LogP contribution >= 0.6 is 11.6 Å². The van der Waals surface area contributed by atoms with Crippen molar-refractivity contribution in [1.82, 2.24) is 5.32 Å². The summed E-state index contributed by atoms with van der Waals surface area (Å²) in [4.78, 5) is 11.8. The van der Waals surface area contributed by atoms with Crippen LogP contribution in [0.1, 0.15) is 24.9 Å². The first-order chi connectivity index (χ1) is 8.17. The van der Waals surface area contributed by atoms with Crippen LogP contribution in [0.25, 0.3) is 0 Å². The highest BCUT2D eigenvalue weighted by Crippen LogP contribution is 2.38. The number of fused-ring (bicyclic) bond motifs is 1. The van der Waals surface area contributed by atoms with Crippen molar-refractivity contribution in [3.63, 3.8) is 0 Å². The summed E-state index contributed by atoms with van der Waals surface area (Å²) in [5.41, 5.74) is 1.65. The number of carbonyl (C=O) groups is 1. The molecule has 1 aliphatic rings. The Morgan fingerprint density at radius 3 is 2.94 bits per heavy atom. The number of rotatable bonds is 4. The van der Waals surface area contributed by atoms with E-state index in [4.69, 9.17) is 16.3 Å². The normalized spacial score (nSPS) is 17.8. The molecule has 2 N–H and O–H groups in total. The van der Waals surface area contributed by atoms with Crippen LogP contribution in [-0.4, -0.2) is 19.6 Å². The van der Waals surface area contributed by atoms with Crippen molar-refractivity contribution in [3.05, 3.63) is 22.7 Å². The van der Waals surface area contributed by atoms with Gasteiger partial charge < -0.3 is 15.4 Å². The van der Waals surface area contributed by atoms with Gasteiger partial charge in [-0.2, -0.15) is 0 Å². The maximum atomic E-state index is 11.8. The number of amides is 1. The van der Waals surface area contributed by atoms with Gasteiger partial charge in [0.2, 0.25) is 5.91 Å². The lowest BCUT2D eigenvalue weighted by Gasteiger charge is -2.11. The smallest absolute Gasteiger partial charge is 0.246 e. The summed E-state index contributed by atoms with van der Waals surface area (Å²) < 4.78 is 5.12. The van der Waals surface area contributed by atoms with Gasteiger partial charge in [0.25, 0.3) is 0 Å². The number of hydrogen-bond donors (Lipinski definition) is 2. The van der Waals surface area contributed by atoms with Gasteiger partial charge in [-0.15, -0.1) is 0 Å². The van der Waals surface area contributed by atoms with Crippen LogP contribution in [0.4, 0.5) is 5.69 Å². The summed E-state index contributed by atoms with van der Waals surface area (Å²) in [5.74, 6) is 0.527. The highest BCUT2D eigenvalue weighted by molar-refractivity contribution is 6.32. The maximum absolute atomic E-state index is 11.8.